The average molecular weight is 654 g/mol. The molecule has 0 aliphatic carbocycles. The molecule has 0 fully saturated rings. The van der Waals surface area contributed by atoms with Crippen molar-refractivity contribution in [2.75, 3.05) is 159 Å². The molecule has 0 saturated heterocycles. The van der Waals surface area contributed by atoms with E-state index in [4.69, 9.17) is 52.1 Å². The number of nitrogens with zero attached hydrogens (tertiary/aromatic N) is 1. The third-order valence-electron chi connectivity index (χ3n) is 5.53. The van der Waals surface area contributed by atoms with Crippen LogP contribution in [0.3, 0.4) is 0 Å². The molecule has 0 spiro atoms. The molecule has 0 aromatic carbocycles. The van der Waals surface area contributed by atoms with Gasteiger partial charge in [0.1, 0.15) is 6.61 Å². The lowest BCUT2D eigenvalue weighted by Gasteiger charge is -2.13. The van der Waals surface area contributed by atoms with Crippen molar-refractivity contribution in [3.8, 4) is 0 Å². The molecule has 0 radical (unpaired) electrons. The first-order valence-electron chi connectivity index (χ1n) is 15.1. The van der Waals surface area contributed by atoms with Gasteiger partial charge in [-0.25, -0.2) is 4.79 Å². The second kappa shape index (κ2) is 31.9. The normalized spacial score (nSPS) is 13.0. The van der Waals surface area contributed by atoms with Gasteiger partial charge < -0.3 is 56.8 Å². The van der Waals surface area contributed by atoms with Crippen molar-refractivity contribution in [1.29, 1.82) is 0 Å². The molecule has 0 saturated carbocycles. The maximum absolute atomic E-state index is 11.4. The lowest BCUT2D eigenvalue weighted by Crippen LogP contribution is -2.33. The van der Waals surface area contributed by atoms with Gasteiger partial charge >= 0.3 is 5.97 Å². The summed E-state index contributed by atoms with van der Waals surface area (Å²) in [6.07, 6.45) is 2.50. The zero-order valence-corrected chi connectivity index (χ0v) is 26.5. The van der Waals surface area contributed by atoms with Gasteiger partial charge in [0.2, 0.25) is 0 Å². The average Bonchev–Trinajstić information content (AvgIpc) is 3.37. The Morgan fingerprint density at radius 1 is 0.444 bits per heavy atom. The van der Waals surface area contributed by atoms with Crippen LogP contribution in [0.1, 0.15) is 0 Å². The van der Waals surface area contributed by atoms with Gasteiger partial charge in [-0.3, -0.25) is 14.5 Å². The van der Waals surface area contributed by atoms with Crippen molar-refractivity contribution >= 4 is 17.8 Å². The van der Waals surface area contributed by atoms with E-state index < -0.39 is 5.97 Å². The van der Waals surface area contributed by atoms with E-state index in [9.17, 15) is 14.4 Å². The minimum atomic E-state index is -0.414. The molecule has 16 nitrogen and oxygen atoms in total. The van der Waals surface area contributed by atoms with Gasteiger partial charge in [0.25, 0.3) is 11.8 Å². The Labute approximate surface area is 265 Å². The van der Waals surface area contributed by atoms with E-state index in [1.54, 1.807) is 0 Å². The molecule has 0 unspecified atom stereocenters. The quantitative estimate of drug-likeness (QED) is 0.0477. The lowest BCUT2D eigenvalue weighted by atomic mass is 10.5. The van der Waals surface area contributed by atoms with Gasteiger partial charge in [-0.2, -0.15) is 0 Å². The highest BCUT2D eigenvalue weighted by atomic mass is 16.6. The molecule has 1 rings (SSSR count). The van der Waals surface area contributed by atoms with Crippen LogP contribution in [0.5, 0.6) is 0 Å². The Kier molecular flexibility index (Phi) is 29.0. The van der Waals surface area contributed by atoms with Crippen LogP contribution in [0.25, 0.3) is 0 Å². The number of hydrogen-bond acceptors (Lipinski definition) is 15. The Morgan fingerprint density at radius 3 is 0.956 bits per heavy atom. The van der Waals surface area contributed by atoms with E-state index in [0.717, 1.165) is 4.90 Å². The van der Waals surface area contributed by atoms with E-state index in [1.165, 1.54) is 19.3 Å². The summed E-state index contributed by atoms with van der Waals surface area (Å²) < 4.78 is 63.6. The molecule has 1 aliphatic rings. The van der Waals surface area contributed by atoms with Crippen molar-refractivity contribution < 1.29 is 71.2 Å². The molecule has 0 aromatic rings. The van der Waals surface area contributed by atoms with Crippen LogP contribution in [0, 0.1) is 0 Å². The van der Waals surface area contributed by atoms with Crippen LogP contribution in [-0.4, -0.2) is 182 Å². The van der Waals surface area contributed by atoms with Crippen molar-refractivity contribution in [3.05, 3.63) is 12.2 Å². The third-order valence-corrected chi connectivity index (χ3v) is 5.53. The molecule has 0 atom stereocenters. The Hall–Kier alpha value is -2.09. The fraction of sp³-hybridized carbons (Fsp3) is 0.828. The number of esters is 1. The molecule has 2 amide bonds. The highest BCUT2D eigenvalue weighted by Gasteiger charge is 2.22. The van der Waals surface area contributed by atoms with E-state index >= 15 is 0 Å². The standard InChI is InChI=1S/C29H51NO15/c1-34-29(33)26-45-25-24-44-23-22-43-21-20-42-19-18-41-17-16-40-15-14-39-13-12-38-11-10-37-9-8-36-7-6-35-5-4-30-27(31)2-3-28(30)32/h2-3H,4-26H2,1H3. The predicted molar refractivity (Wildman–Crippen MR) is 157 cm³/mol. The van der Waals surface area contributed by atoms with Crippen LogP contribution >= 0.6 is 0 Å². The van der Waals surface area contributed by atoms with Crippen LogP contribution in [-0.2, 0) is 71.2 Å². The van der Waals surface area contributed by atoms with Crippen LogP contribution in [0.2, 0.25) is 0 Å². The largest absolute Gasteiger partial charge is 0.467 e. The van der Waals surface area contributed by atoms with Crippen molar-refractivity contribution in [2.45, 2.75) is 0 Å². The molecule has 16 heteroatoms. The van der Waals surface area contributed by atoms with Crippen molar-refractivity contribution in [1.82, 2.24) is 4.90 Å². The van der Waals surface area contributed by atoms with Gasteiger partial charge in [0.15, 0.2) is 0 Å². The summed E-state index contributed by atoms with van der Waals surface area (Å²) >= 11 is 0. The summed E-state index contributed by atoms with van der Waals surface area (Å²) in [4.78, 5) is 34.8. The SMILES string of the molecule is COC(=O)COCCOCCOCCOCCOCCOCCOCCOCCOCCOCCOCCN1C(=O)C=CC1=O. The summed E-state index contributed by atoms with van der Waals surface area (Å²) in [5.41, 5.74) is 0. The Morgan fingerprint density at radius 2 is 0.689 bits per heavy atom. The number of rotatable bonds is 35. The molecule has 45 heavy (non-hydrogen) atoms. The summed E-state index contributed by atoms with van der Waals surface area (Å²) in [5.74, 6) is -1.03. The third kappa shape index (κ3) is 26.8. The molecule has 0 N–H and O–H groups in total. The lowest BCUT2D eigenvalue weighted by molar-refractivity contribution is -0.146. The highest BCUT2D eigenvalue weighted by Crippen LogP contribution is 2.02. The number of ether oxygens (including phenoxy) is 12. The van der Waals surface area contributed by atoms with E-state index in [0.29, 0.717) is 132 Å². The molecule has 1 heterocycles. The minimum absolute atomic E-state index is 0.0767. The molecule has 0 aromatic heterocycles. The number of carbonyl (C=O) groups is 3. The maximum Gasteiger partial charge on any atom is 0.331 e. The Balaban J connectivity index is 1.63. The Bertz CT molecular complexity index is 737. The molecule has 0 bridgehead atoms. The first kappa shape index (κ1) is 40.9. The topological polar surface area (TPSA) is 165 Å². The van der Waals surface area contributed by atoms with Crippen LogP contribution in [0.4, 0.5) is 0 Å². The summed E-state index contributed by atoms with van der Waals surface area (Å²) in [6, 6.07) is 0. The number of hydrogen-bond donors (Lipinski definition) is 0. The van der Waals surface area contributed by atoms with Crippen LogP contribution in [0.15, 0.2) is 12.2 Å². The zero-order chi connectivity index (χ0) is 32.5. The number of imide groups is 1. The predicted octanol–water partition coefficient (Wildman–Crippen LogP) is -0.733. The van der Waals surface area contributed by atoms with Crippen molar-refractivity contribution in [3.63, 3.8) is 0 Å². The smallest absolute Gasteiger partial charge is 0.331 e. The van der Waals surface area contributed by atoms with E-state index in [1.807, 2.05) is 0 Å². The minimum Gasteiger partial charge on any atom is -0.467 e. The van der Waals surface area contributed by atoms with E-state index in [2.05, 4.69) is 4.74 Å². The van der Waals surface area contributed by atoms with Gasteiger partial charge in [0, 0.05) is 12.2 Å². The van der Waals surface area contributed by atoms with Gasteiger partial charge in [0.05, 0.1) is 152 Å². The number of methoxy groups -OCH3 is 1. The van der Waals surface area contributed by atoms with Gasteiger partial charge in [-0.1, -0.05) is 0 Å². The zero-order valence-electron chi connectivity index (χ0n) is 26.5. The molecular weight excluding hydrogens is 602 g/mol. The van der Waals surface area contributed by atoms with Crippen molar-refractivity contribution in [2.24, 2.45) is 0 Å². The maximum atomic E-state index is 11.4. The first-order chi connectivity index (χ1) is 22.1. The first-order valence-corrected chi connectivity index (χ1v) is 15.1. The van der Waals surface area contributed by atoms with E-state index in [-0.39, 0.29) is 31.6 Å². The summed E-state index contributed by atoms with van der Waals surface area (Å²) in [7, 11) is 1.31. The second-order valence-corrected chi connectivity index (χ2v) is 8.91. The summed E-state index contributed by atoms with van der Waals surface area (Å²) in [5, 5.41) is 0. The fourth-order valence-electron chi connectivity index (χ4n) is 3.22. The van der Waals surface area contributed by atoms with Gasteiger partial charge in [-0.15, -0.1) is 0 Å². The molecule has 1 aliphatic heterocycles. The number of carbonyl (C=O) groups excluding carboxylic acids is 3. The van der Waals surface area contributed by atoms with Crippen LogP contribution < -0.4 is 0 Å². The molecule has 262 valence electrons. The fourth-order valence-corrected chi connectivity index (χ4v) is 3.22. The highest BCUT2D eigenvalue weighted by molar-refractivity contribution is 6.12. The summed E-state index contributed by atoms with van der Waals surface area (Å²) in [6.45, 7) is 9.36. The second-order valence-electron chi connectivity index (χ2n) is 8.91. The number of amides is 2. The van der Waals surface area contributed by atoms with Gasteiger partial charge in [-0.05, 0) is 0 Å². The molecular formula is C29H51NO15. The monoisotopic (exact) mass is 653 g/mol.